The third kappa shape index (κ3) is 56.8. The molecule has 70 heavy (non-hydrogen) atoms. The first kappa shape index (κ1) is 67.9. The first-order valence-corrected chi connectivity index (χ1v) is 31.3. The molecule has 0 saturated heterocycles. The van der Waals surface area contributed by atoms with E-state index >= 15 is 0 Å². The number of esters is 3. The van der Waals surface area contributed by atoms with Gasteiger partial charge in [-0.3, -0.25) is 14.4 Å². The quantitative estimate of drug-likeness (QED) is 0.0261. The second kappa shape index (κ2) is 59.5. The highest BCUT2D eigenvalue weighted by atomic mass is 16.6. The zero-order valence-corrected chi connectivity index (χ0v) is 47.3. The summed E-state index contributed by atoms with van der Waals surface area (Å²) in [6.45, 7) is 6.68. The van der Waals surface area contributed by atoms with Crippen LogP contribution in [0.3, 0.4) is 0 Å². The van der Waals surface area contributed by atoms with E-state index in [2.05, 4.69) is 45.1 Å². The van der Waals surface area contributed by atoms with Crippen LogP contribution in [-0.4, -0.2) is 37.2 Å². The van der Waals surface area contributed by atoms with E-state index in [1.165, 1.54) is 244 Å². The standard InChI is InChI=1S/C64H120O6/c1-4-7-10-13-16-19-22-25-28-29-30-31-32-33-34-35-37-39-42-45-48-51-54-57-63(66)69-60-61(59-68-62(65)56-53-50-47-44-41-38-27-24-21-18-15-12-9-6-3)70-64(67)58-55-52-49-46-43-40-36-26-23-20-17-14-11-8-5-2/h24,27,29-30,61H,4-23,25-26,28,31-60H2,1-3H3/b27-24-,30-29-. The van der Waals surface area contributed by atoms with E-state index in [0.717, 1.165) is 64.2 Å². The van der Waals surface area contributed by atoms with E-state index in [-0.39, 0.29) is 31.1 Å². The first-order valence-electron chi connectivity index (χ1n) is 31.3. The van der Waals surface area contributed by atoms with Crippen LogP contribution in [0.25, 0.3) is 0 Å². The number of allylic oxidation sites excluding steroid dienone is 4. The van der Waals surface area contributed by atoms with Crippen molar-refractivity contribution in [2.24, 2.45) is 0 Å². The van der Waals surface area contributed by atoms with E-state index in [1.807, 2.05) is 0 Å². The minimum absolute atomic E-state index is 0.0694. The Morgan fingerprint density at radius 1 is 0.271 bits per heavy atom. The van der Waals surface area contributed by atoms with Gasteiger partial charge in [0.25, 0.3) is 0 Å². The van der Waals surface area contributed by atoms with Crippen molar-refractivity contribution in [3.05, 3.63) is 24.3 Å². The zero-order valence-electron chi connectivity index (χ0n) is 47.3. The number of hydrogen-bond donors (Lipinski definition) is 0. The van der Waals surface area contributed by atoms with Crippen LogP contribution in [0.4, 0.5) is 0 Å². The highest BCUT2D eigenvalue weighted by Gasteiger charge is 2.19. The zero-order chi connectivity index (χ0) is 50.7. The molecule has 0 spiro atoms. The predicted octanol–water partition coefficient (Wildman–Crippen LogP) is 21.1. The number of hydrogen-bond acceptors (Lipinski definition) is 6. The summed E-state index contributed by atoms with van der Waals surface area (Å²) >= 11 is 0. The minimum atomic E-state index is -0.771. The first-order chi connectivity index (χ1) is 34.5. The molecule has 0 aliphatic heterocycles. The molecule has 0 amide bonds. The summed E-state index contributed by atoms with van der Waals surface area (Å²) in [6.07, 6.45) is 70.4. The summed E-state index contributed by atoms with van der Waals surface area (Å²) in [7, 11) is 0. The van der Waals surface area contributed by atoms with Gasteiger partial charge in [0, 0.05) is 19.3 Å². The lowest BCUT2D eigenvalue weighted by Gasteiger charge is -2.18. The van der Waals surface area contributed by atoms with E-state index < -0.39 is 6.10 Å². The molecule has 0 N–H and O–H groups in total. The number of ether oxygens (including phenoxy) is 3. The van der Waals surface area contributed by atoms with Gasteiger partial charge in [0.2, 0.25) is 0 Å². The molecule has 0 aliphatic rings. The van der Waals surface area contributed by atoms with Gasteiger partial charge in [-0.2, -0.15) is 0 Å². The van der Waals surface area contributed by atoms with Gasteiger partial charge < -0.3 is 14.2 Å². The normalized spacial score (nSPS) is 12.1. The third-order valence-electron chi connectivity index (χ3n) is 14.2. The predicted molar refractivity (Wildman–Crippen MR) is 303 cm³/mol. The molecule has 412 valence electrons. The number of rotatable bonds is 58. The average Bonchev–Trinajstić information content (AvgIpc) is 3.36. The molecule has 6 heteroatoms. The van der Waals surface area contributed by atoms with Crippen LogP contribution >= 0.6 is 0 Å². The number of carbonyl (C=O) groups is 3. The lowest BCUT2D eigenvalue weighted by Crippen LogP contribution is -2.30. The van der Waals surface area contributed by atoms with Crippen molar-refractivity contribution < 1.29 is 28.6 Å². The Balaban J connectivity index is 4.26. The fraction of sp³-hybridized carbons (Fsp3) is 0.891. The van der Waals surface area contributed by atoms with Crippen LogP contribution in [0.2, 0.25) is 0 Å². The van der Waals surface area contributed by atoms with Crippen LogP contribution in [0, 0.1) is 0 Å². The van der Waals surface area contributed by atoms with Crippen molar-refractivity contribution in [1.29, 1.82) is 0 Å². The molecule has 0 aromatic heterocycles. The van der Waals surface area contributed by atoms with E-state index in [1.54, 1.807) is 0 Å². The summed E-state index contributed by atoms with van der Waals surface area (Å²) in [6, 6.07) is 0. The highest BCUT2D eigenvalue weighted by molar-refractivity contribution is 5.71. The summed E-state index contributed by atoms with van der Waals surface area (Å²) in [5, 5.41) is 0. The van der Waals surface area contributed by atoms with Crippen LogP contribution < -0.4 is 0 Å². The summed E-state index contributed by atoms with van der Waals surface area (Å²) in [4.78, 5) is 38.2. The van der Waals surface area contributed by atoms with Crippen LogP contribution in [0.15, 0.2) is 24.3 Å². The monoisotopic (exact) mass is 985 g/mol. The second-order valence-corrected chi connectivity index (χ2v) is 21.3. The molecule has 0 radical (unpaired) electrons. The second-order valence-electron chi connectivity index (χ2n) is 21.3. The molecule has 0 aliphatic carbocycles. The minimum Gasteiger partial charge on any atom is -0.462 e. The highest BCUT2D eigenvalue weighted by Crippen LogP contribution is 2.17. The smallest absolute Gasteiger partial charge is 0.306 e. The van der Waals surface area contributed by atoms with Gasteiger partial charge in [0.15, 0.2) is 6.10 Å². The Labute approximate surface area is 436 Å². The van der Waals surface area contributed by atoms with Crippen molar-refractivity contribution >= 4 is 17.9 Å². The molecule has 6 nitrogen and oxygen atoms in total. The average molecular weight is 986 g/mol. The Morgan fingerprint density at radius 2 is 0.471 bits per heavy atom. The van der Waals surface area contributed by atoms with E-state index in [9.17, 15) is 14.4 Å². The molecular weight excluding hydrogens is 865 g/mol. The molecule has 0 rings (SSSR count). The van der Waals surface area contributed by atoms with Gasteiger partial charge in [0.05, 0.1) is 0 Å². The molecular formula is C64H120O6. The SMILES string of the molecule is CCCCCCC/C=C\CCCCCCCC(=O)OCC(COC(=O)CCCCCCCCCCCCC/C=C\CCCCCCCCCC)OC(=O)CCCCCCCCCCCCCCCCC. The summed E-state index contributed by atoms with van der Waals surface area (Å²) < 4.78 is 16.9. The molecule has 1 unspecified atom stereocenters. The Hall–Kier alpha value is -2.11. The van der Waals surface area contributed by atoms with Crippen molar-refractivity contribution in [3.63, 3.8) is 0 Å². The molecule has 0 heterocycles. The maximum atomic E-state index is 12.9. The van der Waals surface area contributed by atoms with Crippen molar-refractivity contribution in [2.45, 2.75) is 354 Å². The maximum Gasteiger partial charge on any atom is 0.306 e. The molecule has 0 bridgehead atoms. The van der Waals surface area contributed by atoms with Gasteiger partial charge in [0.1, 0.15) is 13.2 Å². The third-order valence-corrected chi connectivity index (χ3v) is 14.2. The van der Waals surface area contributed by atoms with Crippen LogP contribution in [-0.2, 0) is 28.6 Å². The van der Waals surface area contributed by atoms with Gasteiger partial charge in [-0.05, 0) is 70.6 Å². The fourth-order valence-corrected chi connectivity index (χ4v) is 9.44. The van der Waals surface area contributed by atoms with Crippen LogP contribution in [0.5, 0.6) is 0 Å². The number of unbranched alkanes of at least 4 members (excludes halogenated alkanes) is 43. The molecule has 0 saturated carbocycles. The Kier molecular flexibility index (Phi) is 57.7. The van der Waals surface area contributed by atoms with Crippen LogP contribution in [0.1, 0.15) is 348 Å². The maximum absolute atomic E-state index is 12.9. The topological polar surface area (TPSA) is 78.9 Å². The molecule has 0 fully saturated rings. The molecule has 0 aromatic rings. The fourth-order valence-electron chi connectivity index (χ4n) is 9.44. The lowest BCUT2D eigenvalue weighted by molar-refractivity contribution is -0.167. The Morgan fingerprint density at radius 3 is 0.714 bits per heavy atom. The largest absolute Gasteiger partial charge is 0.462 e. The van der Waals surface area contributed by atoms with Gasteiger partial charge >= 0.3 is 17.9 Å². The lowest BCUT2D eigenvalue weighted by atomic mass is 10.0. The summed E-state index contributed by atoms with van der Waals surface area (Å²) in [5.74, 6) is -0.855. The molecule has 0 aromatic carbocycles. The van der Waals surface area contributed by atoms with Crippen molar-refractivity contribution in [2.75, 3.05) is 13.2 Å². The molecule has 1 atom stereocenters. The van der Waals surface area contributed by atoms with Gasteiger partial charge in [-0.25, -0.2) is 0 Å². The number of carbonyl (C=O) groups excluding carboxylic acids is 3. The van der Waals surface area contributed by atoms with Gasteiger partial charge in [-0.15, -0.1) is 0 Å². The Bertz CT molecular complexity index is 1130. The van der Waals surface area contributed by atoms with Gasteiger partial charge in [-0.1, -0.05) is 283 Å². The van der Waals surface area contributed by atoms with E-state index in [0.29, 0.717) is 19.3 Å². The van der Waals surface area contributed by atoms with Crippen molar-refractivity contribution in [3.8, 4) is 0 Å². The summed E-state index contributed by atoms with van der Waals surface area (Å²) in [5.41, 5.74) is 0. The van der Waals surface area contributed by atoms with E-state index in [4.69, 9.17) is 14.2 Å². The van der Waals surface area contributed by atoms with Crippen molar-refractivity contribution in [1.82, 2.24) is 0 Å².